The Bertz CT molecular complexity index is 1760. The minimum absolute atomic E-state index is 0.404. The molecule has 0 amide bonds. The Labute approximate surface area is 213 Å². The molecule has 8 nitrogen and oxygen atoms in total. The molecule has 0 bridgehead atoms. The minimum Gasteiger partial charge on any atom is -0.488 e. The van der Waals surface area contributed by atoms with Crippen molar-refractivity contribution in [3.05, 3.63) is 104 Å². The second kappa shape index (κ2) is 8.89. The summed E-state index contributed by atoms with van der Waals surface area (Å²) in [4.78, 5) is 24.1. The van der Waals surface area contributed by atoms with Crippen molar-refractivity contribution in [2.45, 2.75) is 47.3 Å². The Morgan fingerprint density at radius 2 is 1.92 bits per heavy atom. The quantitative estimate of drug-likeness (QED) is 0.369. The number of rotatable bonds is 4. The van der Waals surface area contributed by atoms with Crippen molar-refractivity contribution in [1.82, 2.24) is 24.7 Å². The van der Waals surface area contributed by atoms with E-state index in [1.165, 1.54) is 0 Å². The molecule has 1 aliphatic rings. The molecule has 0 saturated carbocycles. The van der Waals surface area contributed by atoms with Crippen LogP contribution in [-0.2, 0) is 19.6 Å². The third-order valence-electron chi connectivity index (χ3n) is 6.91. The van der Waals surface area contributed by atoms with Crippen molar-refractivity contribution in [3.8, 4) is 5.75 Å². The van der Waals surface area contributed by atoms with Crippen LogP contribution in [0.4, 0.5) is 0 Å². The van der Waals surface area contributed by atoms with E-state index in [0.29, 0.717) is 19.0 Å². The number of hydrogen-bond donors (Lipinski definition) is 1. The zero-order valence-corrected chi connectivity index (χ0v) is 21.3. The maximum absolute atomic E-state index is 11.7. The van der Waals surface area contributed by atoms with Crippen molar-refractivity contribution in [2.24, 2.45) is 0 Å². The van der Waals surface area contributed by atoms with Crippen molar-refractivity contribution in [3.63, 3.8) is 0 Å². The molecule has 0 saturated heterocycles. The van der Waals surface area contributed by atoms with E-state index in [1.54, 1.807) is 0 Å². The standard InChI is InChI=1S/C29H27N5O3/c1-5-24-31-26-16(2)12-17(3)30-28(26)34(24)14-19-10-11-22-23(13-19)36-15-20-8-6-7-9-21(20)25(22)18(4)27-32-29(35)37-33-27/h6-13H,5,14-15H2,1-4H3,(H,32,33,35)/b25-18+. The predicted molar refractivity (Wildman–Crippen MR) is 141 cm³/mol. The summed E-state index contributed by atoms with van der Waals surface area (Å²) in [6.45, 7) is 9.22. The molecule has 4 heterocycles. The van der Waals surface area contributed by atoms with Crippen molar-refractivity contribution < 1.29 is 9.26 Å². The van der Waals surface area contributed by atoms with Gasteiger partial charge < -0.3 is 9.30 Å². The molecule has 0 unspecified atom stereocenters. The van der Waals surface area contributed by atoms with Gasteiger partial charge in [-0.15, -0.1) is 0 Å². The van der Waals surface area contributed by atoms with Crippen LogP contribution >= 0.6 is 0 Å². The van der Waals surface area contributed by atoms with Gasteiger partial charge in [0.2, 0.25) is 0 Å². The number of aromatic nitrogens is 5. The second-order valence-corrected chi connectivity index (χ2v) is 9.44. The molecule has 1 N–H and O–H groups in total. The number of benzene rings is 2. The Kier molecular flexibility index (Phi) is 5.52. The lowest BCUT2D eigenvalue weighted by atomic mass is 9.90. The summed E-state index contributed by atoms with van der Waals surface area (Å²) >= 11 is 0. The highest BCUT2D eigenvalue weighted by Crippen LogP contribution is 2.41. The van der Waals surface area contributed by atoms with Gasteiger partial charge in [-0.2, -0.15) is 0 Å². The number of aryl methyl sites for hydroxylation is 3. The fourth-order valence-electron chi connectivity index (χ4n) is 5.16. The van der Waals surface area contributed by atoms with Crippen molar-refractivity contribution in [2.75, 3.05) is 0 Å². The maximum atomic E-state index is 11.7. The normalized spacial score (nSPS) is 14.2. The minimum atomic E-state index is -0.581. The van der Waals surface area contributed by atoms with E-state index in [-0.39, 0.29) is 0 Å². The van der Waals surface area contributed by atoms with Gasteiger partial charge in [0, 0.05) is 23.3 Å². The van der Waals surface area contributed by atoms with Gasteiger partial charge in [-0.3, -0.25) is 9.51 Å². The first-order chi connectivity index (χ1) is 17.9. The summed E-state index contributed by atoms with van der Waals surface area (Å²) < 4.78 is 13.3. The van der Waals surface area contributed by atoms with E-state index in [2.05, 4.69) is 65.0 Å². The van der Waals surface area contributed by atoms with Gasteiger partial charge in [0.1, 0.15) is 23.7 Å². The number of allylic oxidation sites excluding steroid dienone is 1. The molecule has 37 heavy (non-hydrogen) atoms. The van der Waals surface area contributed by atoms with Crippen LogP contribution in [0.25, 0.3) is 22.3 Å². The number of H-pyrrole nitrogens is 1. The molecule has 1 aliphatic heterocycles. The van der Waals surface area contributed by atoms with Gasteiger partial charge in [-0.05, 0) is 60.7 Å². The van der Waals surface area contributed by atoms with Gasteiger partial charge in [0.15, 0.2) is 11.5 Å². The number of nitrogens with zero attached hydrogens (tertiary/aromatic N) is 4. The topological polar surface area (TPSA) is 98.8 Å². The lowest BCUT2D eigenvalue weighted by Crippen LogP contribution is -2.06. The zero-order chi connectivity index (χ0) is 25.7. The van der Waals surface area contributed by atoms with Crippen LogP contribution in [0.15, 0.2) is 57.8 Å². The Morgan fingerprint density at radius 1 is 1.08 bits per heavy atom. The monoisotopic (exact) mass is 493 g/mol. The molecule has 5 aromatic rings. The van der Waals surface area contributed by atoms with Crippen LogP contribution < -0.4 is 10.5 Å². The van der Waals surface area contributed by atoms with Crippen LogP contribution in [0.1, 0.15) is 59.0 Å². The SMILES string of the molecule is CCc1nc2c(C)cc(C)nc2n1Cc1ccc2c(c1)OCc1ccccc1/C2=C(/C)c1noc(=O)[nH]1. The molecule has 186 valence electrons. The van der Waals surface area contributed by atoms with Crippen molar-refractivity contribution >= 4 is 22.3 Å². The molecule has 0 fully saturated rings. The number of nitrogens with one attached hydrogen (secondary N) is 1. The highest BCUT2D eigenvalue weighted by Gasteiger charge is 2.24. The first-order valence-electron chi connectivity index (χ1n) is 12.4. The Morgan fingerprint density at radius 3 is 2.70 bits per heavy atom. The number of fused-ring (bicyclic) bond motifs is 3. The first kappa shape index (κ1) is 23.0. The summed E-state index contributed by atoms with van der Waals surface area (Å²) in [5.74, 6) is 1.60. The van der Waals surface area contributed by atoms with Crippen LogP contribution in [0.3, 0.4) is 0 Å². The molecule has 3 aromatic heterocycles. The van der Waals surface area contributed by atoms with E-state index >= 15 is 0 Å². The number of pyridine rings is 1. The zero-order valence-electron chi connectivity index (χ0n) is 21.3. The van der Waals surface area contributed by atoms with E-state index in [4.69, 9.17) is 19.2 Å². The summed E-state index contributed by atoms with van der Waals surface area (Å²) in [5.41, 5.74) is 9.86. The fourth-order valence-corrected chi connectivity index (χ4v) is 5.16. The van der Waals surface area contributed by atoms with Crippen molar-refractivity contribution in [1.29, 1.82) is 0 Å². The van der Waals surface area contributed by atoms with Gasteiger partial charge in [0.05, 0.1) is 6.54 Å². The molecule has 0 spiro atoms. The third-order valence-corrected chi connectivity index (χ3v) is 6.91. The molecule has 0 radical (unpaired) electrons. The smallest absolute Gasteiger partial charge is 0.439 e. The van der Waals surface area contributed by atoms with Gasteiger partial charge in [-0.1, -0.05) is 48.5 Å². The summed E-state index contributed by atoms with van der Waals surface area (Å²) in [5, 5.41) is 3.94. The lowest BCUT2D eigenvalue weighted by molar-refractivity contribution is 0.307. The first-order valence-corrected chi connectivity index (χ1v) is 12.4. The lowest BCUT2D eigenvalue weighted by Gasteiger charge is -2.15. The number of aromatic amines is 1. The largest absolute Gasteiger partial charge is 0.488 e. The average Bonchev–Trinajstić information content (AvgIpc) is 3.43. The van der Waals surface area contributed by atoms with E-state index < -0.39 is 5.76 Å². The van der Waals surface area contributed by atoms with Gasteiger partial charge in [0.25, 0.3) is 0 Å². The Balaban J connectivity index is 1.49. The molecule has 0 atom stereocenters. The molecular weight excluding hydrogens is 466 g/mol. The average molecular weight is 494 g/mol. The Hall–Kier alpha value is -4.46. The molecule has 8 heteroatoms. The highest BCUT2D eigenvalue weighted by atomic mass is 16.5. The number of imidazole rings is 1. The van der Waals surface area contributed by atoms with E-state index in [1.807, 2.05) is 26.0 Å². The highest BCUT2D eigenvalue weighted by molar-refractivity contribution is 5.99. The van der Waals surface area contributed by atoms with E-state index in [9.17, 15) is 4.79 Å². The van der Waals surface area contributed by atoms with Crippen LogP contribution in [0.5, 0.6) is 5.75 Å². The third kappa shape index (κ3) is 3.94. The van der Waals surface area contributed by atoms with Gasteiger partial charge in [-0.25, -0.2) is 14.8 Å². The maximum Gasteiger partial charge on any atom is 0.439 e. The molecule has 0 aliphatic carbocycles. The van der Waals surface area contributed by atoms with Gasteiger partial charge >= 0.3 is 5.76 Å². The van der Waals surface area contributed by atoms with Crippen LogP contribution in [0, 0.1) is 13.8 Å². The number of hydrogen-bond acceptors (Lipinski definition) is 6. The van der Waals surface area contributed by atoms with Crippen LogP contribution in [0.2, 0.25) is 0 Å². The molecule has 2 aromatic carbocycles. The van der Waals surface area contributed by atoms with Crippen LogP contribution in [-0.4, -0.2) is 24.7 Å². The summed E-state index contributed by atoms with van der Waals surface area (Å²) in [7, 11) is 0. The summed E-state index contributed by atoms with van der Waals surface area (Å²) in [6, 6.07) is 16.5. The number of ether oxygens (including phenoxy) is 1. The summed E-state index contributed by atoms with van der Waals surface area (Å²) in [6.07, 6.45) is 0.813. The second-order valence-electron chi connectivity index (χ2n) is 9.44. The molecular formula is C29H27N5O3. The fraction of sp³-hybridized carbons (Fsp3) is 0.241. The molecule has 6 rings (SSSR count). The van der Waals surface area contributed by atoms with E-state index in [0.717, 1.165) is 73.8 Å². The predicted octanol–water partition coefficient (Wildman–Crippen LogP) is 5.21.